The predicted molar refractivity (Wildman–Crippen MR) is 331 cm³/mol. The minimum absolute atomic E-state index is 0.106. The van der Waals surface area contributed by atoms with E-state index in [0.29, 0.717) is 25.7 Å². The number of hydrogen-bond acceptors (Lipinski definition) is 15. The molecule has 6 atom stereocenters. The number of hydrogen-bond donors (Lipinski definition) is 3. The number of aliphatic hydroxyl groups excluding tert-OH is 1. The van der Waals surface area contributed by atoms with Gasteiger partial charge in [0.05, 0.1) is 26.4 Å². The Morgan fingerprint density at radius 1 is 0.349 bits per heavy atom. The van der Waals surface area contributed by atoms with Crippen LogP contribution in [0.25, 0.3) is 0 Å². The van der Waals surface area contributed by atoms with Crippen LogP contribution in [0.4, 0.5) is 0 Å². The van der Waals surface area contributed by atoms with Crippen LogP contribution >= 0.6 is 15.6 Å². The molecule has 0 spiro atoms. The van der Waals surface area contributed by atoms with Gasteiger partial charge in [0, 0.05) is 25.7 Å². The van der Waals surface area contributed by atoms with E-state index in [1.54, 1.807) is 0 Å². The first-order valence-corrected chi connectivity index (χ1v) is 36.5. The van der Waals surface area contributed by atoms with Gasteiger partial charge in [0.15, 0.2) is 12.2 Å². The van der Waals surface area contributed by atoms with Crippen molar-refractivity contribution >= 4 is 39.5 Å². The molecule has 0 radical (unpaired) electrons. The molecule has 0 aromatic carbocycles. The number of carbonyl (C=O) groups excluding carboxylic acids is 4. The van der Waals surface area contributed by atoms with Gasteiger partial charge in [-0.15, -0.1) is 0 Å². The normalized spacial score (nSPS) is 14.6. The van der Waals surface area contributed by atoms with Crippen molar-refractivity contribution in [2.24, 2.45) is 11.8 Å². The molecule has 3 N–H and O–H groups in total. The minimum Gasteiger partial charge on any atom is -0.462 e. The second-order valence-electron chi connectivity index (χ2n) is 23.9. The van der Waals surface area contributed by atoms with E-state index in [-0.39, 0.29) is 25.7 Å². The van der Waals surface area contributed by atoms with Gasteiger partial charge in [-0.25, -0.2) is 9.13 Å². The molecule has 0 rings (SSSR count). The Balaban J connectivity index is 5.23. The Morgan fingerprint density at radius 2 is 0.614 bits per heavy atom. The summed E-state index contributed by atoms with van der Waals surface area (Å²) in [6.45, 7) is 9.45. The van der Waals surface area contributed by atoms with Crippen molar-refractivity contribution in [2.45, 2.75) is 336 Å². The van der Waals surface area contributed by atoms with Crippen molar-refractivity contribution in [2.75, 3.05) is 39.6 Å². The number of rotatable bonds is 63. The first kappa shape index (κ1) is 81.1. The van der Waals surface area contributed by atoms with Crippen LogP contribution in [-0.4, -0.2) is 96.7 Å². The number of carbonyl (C=O) groups is 4. The third kappa shape index (κ3) is 57.6. The van der Waals surface area contributed by atoms with E-state index in [1.807, 2.05) is 0 Å². The number of ether oxygens (including phenoxy) is 4. The molecule has 0 saturated heterocycles. The molecule has 17 nitrogen and oxygen atoms in total. The average molecular weight is 1230 g/mol. The molecule has 0 bridgehead atoms. The molecule has 19 heteroatoms. The molecule has 0 aliphatic rings. The zero-order valence-electron chi connectivity index (χ0n) is 53.5. The lowest BCUT2D eigenvalue weighted by atomic mass is 9.99. The molecule has 0 heterocycles. The number of aliphatic hydroxyl groups is 1. The monoisotopic (exact) mass is 1230 g/mol. The van der Waals surface area contributed by atoms with E-state index >= 15 is 0 Å². The Morgan fingerprint density at radius 3 is 0.916 bits per heavy atom. The summed E-state index contributed by atoms with van der Waals surface area (Å²) in [4.78, 5) is 72.1. The van der Waals surface area contributed by atoms with Crippen LogP contribution in [0.1, 0.15) is 318 Å². The summed E-state index contributed by atoms with van der Waals surface area (Å²) in [6.07, 6.45) is 38.9. The van der Waals surface area contributed by atoms with Crippen LogP contribution in [0.2, 0.25) is 0 Å². The fourth-order valence-electron chi connectivity index (χ4n) is 9.50. The maximum atomic E-state index is 13.0. The van der Waals surface area contributed by atoms with Crippen LogP contribution < -0.4 is 0 Å². The van der Waals surface area contributed by atoms with Crippen molar-refractivity contribution in [3.8, 4) is 0 Å². The highest BCUT2D eigenvalue weighted by Crippen LogP contribution is 2.45. The summed E-state index contributed by atoms with van der Waals surface area (Å²) in [6, 6.07) is 0. The standard InChI is InChI=1S/C64H124O17P2/c1-7-10-12-14-16-18-22-30-36-42-48-63(68)80-59(52-74-61(66)46-40-34-28-17-15-13-11-8-2)54-78-82(70,71)76-50-58(65)51-77-83(72,73)79-55-60(53-75-62(67)47-41-35-29-25-24-26-32-38-44-56(4)5)81-64(69)49-43-37-31-23-20-19-21-27-33-39-45-57(6)9-3/h56-60,65H,7-55H2,1-6H3,(H,70,71)(H,72,73)/t57?,58-,59+,60+/m0/s1. The SMILES string of the molecule is CCCCCCCCCCCCC(=O)O[C@H](COC(=O)CCCCCCCCCC)COP(=O)(O)OC[C@H](O)COP(=O)(O)OC[C@@H](COC(=O)CCCCCCCCCCC(C)C)OC(=O)CCCCCCCCCCCCC(C)CC. The second-order valence-corrected chi connectivity index (χ2v) is 26.8. The molecule has 0 aromatic rings. The molecule has 83 heavy (non-hydrogen) atoms. The number of phosphoric acid groups is 2. The Bertz CT molecular complexity index is 1630. The van der Waals surface area contributed by atoms with E-state index < -0.39 is 97.5 Å². The smallest absolute Gasteiger partial charge is 0.462 e. The Labute approximate surface area is 505 Å². The second kappa shape index (κ2) is 56.6. The van der Waals surface area contributed by atoms with Gasteiger partial charge < -0.3 is 33.8 Å². The predicted octanol–water partition coefficient (Wildman–Crippen LogP) is 17.7. The van der Waals surface area contributed by atoms with E-state index in [1.165, 1.54) is 128 Å². The summed E-state index contributed by atoms with van der Waals surface area (Å²) < 4.78 is 67.9. The zero-order valence-corrected chi connectivity index (χ0v) is 55.3. The third-order valence-corrected chi connectivity index (χ3v) is 17.0. The Hall–Kier alpha value is -1.94. The maximum Gasteiger partial charge on any atom is 0.472 e. The van der Waals surface area contributed by atoms with E-state index in [0.717, 1.165) is 108 Å². The van der Waals surface area contributed by atoms with Crippen molar-refractivity contribution in [3.05, 3.63) is 0 Å². The molecule has 0 aliphatic carbocycles. The third-order valence-electron chi connectivity index (χ3n) is 15.1. The molecule has 0 aliphatic heterocycles. The molecular weight excluding hydrogens is 1100 g/mol. The molecule has 3 unspecified atom stereocenters. The molecule has 0 amide bonds. The minimum atomic E-state index is -4.94. The Kier molecular flexibility index (Phi) is 55.2. The van der Waals surface area contributed by atoms with Gasteiger partial charge in [-0.2, -0.15) is 0 Å². The fraction of sp³-hybridized carbons (Fsp3) is 0.938. The average Bonchev–Trinajstić information content (AvgIpc) is 3.45. The lowest BCUT2D eigenvalue weighted by Crippen LogP contribution is -2.30. The number of phosphoric ester groups is 2. The summed E-state index contributed by atoms with van der Waals surface area (Å²) in [7, 11) is -9.88. The summed E-state index contributed by atoms with van der Waals surface area (Å²) in [5.41, 5.74) is 0. The summed E-state index contributed by atoms with van der Waals surface area (Å²) in [5, 5.41) is 10.5. The number of esters is 4. The van der Waals surface area contributed by atoms with Gasteiger partial charge in [-0.3, -0.25) is 37.3 Å². The number of unbranched alkanes of at least 4 members (excludes halogenated alkanes) is 32. The molecule has 0 fully saturated rings. The van der Waals surface area contributed by atoms with E-state index in [9.17, 15) is 43.2 Å². The van der Waals surface area contributed by atoms with Crippen molar-refractivity contribution in [1.82, 2.24) is 0 Å². The van der Waals surface area contributed by atoms with Crippen LogP contribution in [-0.2, 0) is 65.4 Å². The van der Waals surface area contributed by atoms with Gasteiger partial charge in [0.1, 0.15) is 19.3 Å². The van der Waals surface area contributed by atoms with Crippen LogP contribution in [0.15, 0.2) is 0 Å². The first-order valence-electron chi connectivity index (χ1n) is 33.5. The van der Waals surface area contributed by atoms with E-state index in [2.05, 4.69) is 41.5 Å². The highest BCUT2D eigenvalue weighted by atomic mass is 31.2. The van der Waals surface area contributed by atoms with Gasteiger partial charge in [0.25, 0.3) is 0 Å². The largest absolute Gasteiger partial charge is 0.472 e. The van der Waals surface area contributed by atoms with E-state index in [4.69, 9.17) is 37.0 Å². The zero-order chi connectivity index (χ0) is 61.5. The molecule has 492 valence electrons. The summed E-state index contributed by atoms with van der Waals surface area (Å²) in [5.74, 6) is -0.607. The van der Waals surface area contributed by atoms with Gasteiger partial charge in [0.2, 0.25) is 0 Å². The van der Waals surface area contributed by atoms with Crippen molar-refractivity contribution in [3.63, 3.8) is 0 Å². The van der Waals surface area contributed by atoms with Gasteiger partial charge >= 0.3 is 39.5 Å². The van der Waals surface area contributed by atoms with Crippen LogP contribution in [0.3, 0.4) is 0 Å². The molecule has 0 saturated carbocycles. The lowest BCUT2D eigenvalue weighted by Gasteiger charge is -2.21. The van der Waals surface area contributed by atoms with Crippen LogP contribution in [0.5, 0.6) is 0 Å². The highest BCUT2D eigenvalue weighted by molar-refractivity contribution is 7.47. The van der Waals surface area contributed by atoms with Crippen LogP contribution in [0, 0.1) is 11.8 Å². The topological polar surface area (TPSA) is 237 Å². The van der Waals surface area contributed by atoms with Gasteiger partial charge in [-0.05, 0) is 37.5 Å². The lowest BCUT2D eigenvalue weighted by molar-refractivity contribution is -0.161. The van der Waals surface area contributed by atoms with Crippen molar-refractivity contribution in [1.29, 1.82) is 0 Å². The molecule has 0 aromatic heterocycles. The molecular formula is C64H124O17P2. The van der Waals surface area contributed by atoms with Crippen molar-refractivity contribution < 1.29 is 80.2 Å². The maximum absolute atomic E-state index is 13.0. The first-order chi connectivity index (χ1) is 39.9. The van der Waals surface area contributed by atoms with Gasteiger partial charge in [-0.1, -0.05) is 266 Å². The highest BCUT2D eigenvalue weighted by Gasteiger charge is 2.30. The summed E-state index contributed by atoms with van der Waals surface area (Å²) >= 11 is 0. The fourth-order valence-corrected chi connectivity index (χ4v) is 11.1. The quantitative estimate of drug-likeness (QED) is 0.0222.